The predicted octanol–water partition coefficient (Wildman–Crippen LogP) is 2.90. The van der Waals surface area contributed by atoms with Gasteiger partial charge in [0.15, 0.2) is 0 Å². The van der Waals surface area contributed by atoms with Gasteiger partial charge in [-0.3, -0.25) is 0 Å². The molecule has 17 heavy (non-hydrogen) atoms. The Hall–Kier alpha value is -2.36. The number of phenols is 1. The first-order valence-corrected chi connectivity index (χ1v) is 4.90. The summed E-state index contributed by atoms with van der Waals surface area (Å²) in [7, 11) is 0. The van der Waals surface area contributed by atoms with Crippen LogP contribution in [0.4, 0.5) is 4.39 Å². The normalized spacial score (nSPS) is 10.2. The minimum atomic E-state index is -1.12. The van der Waals surface area contributed by atoms with Gasteiger partial charge >= 0.3 is 5.97 Å². The first kappa shape index (κ1) is 11.1. The molecule has 4 heteroatoms. The van der Waals surface area contributed by atoms with Crippen molar-refractivity contribution in [1.82, 2.24) is 0 Å². The highest BCUT2D eigenvalue weighted by atomic mass is 19.1. The summed E-state index contributed by atoms with van der Waals surface area (Å²) in [4.78, 5) is 10.7. The molecule has 0 heterocycles. The molecule has 0 saturated heterocycles. The summed E-state index contributed by atoms with van der Waals surface area (Å²) >= 11 is 0. The molecule has 3 nitrogen and oxygen atoms in total. The van der Waals surface area contributed by atoms with E-state index >= 15 is 0 Å². The molecule has 2 aromatic rings. The zero-order valence-corrected chi connectivity index (χ0v) is 8.72. The Morgan fingerprint density at radius 2 is 1.88 bits per heavy atom. The van der Waals surface area contributed by atoms with Crippen LogP contribution >= 0.6 is 0 Å². The van der Waals surface area contributed by atoms with Crippen LogP contribution in [0.1, 0.15) is 10.4 Å². The maximum absolute atomic E-state index is 13.0. The van der Waals surface area contributed by atoms with E-state index in [9.17, 15) is 14.3 Å². The van der Waals surface area contributed by atoms with Crippen molar-refractivity contribution in [2.75, 3.05) is 0 Å². The summed E-state index contributed by atoms with van der Waals surface area (Å²) in [6, 6.07) is 9.69. The number of carboxylic acid groups (broad SMARTS) is 1. The number of hydrogen-bond acceptors (Lipinski definition) is 2. The van der Waals surface area contributed by atoms with Gasteiger partial charge in [0.2, 0.25) is 0 Å². The van der Waals surface area contributed by atoms with E-state index in [1.165, 1.54) is 30.3 Å². The van der Waals surface area contributed by atoms with E-state index in [2.05, 4.69) is 0 Å². The molecule has 0 aliphatic rings. The van der Waals surface area contributed by atoms with E-state index in [0.717, 1.165) is 6.07 Å². The average molecular weight is 232 g/mol. The Morgan fingerprint density at radius 3 is 2.47 bits per heavy atom. The number of benzene rings is 2. The number of carbonyl (C=O) groups is 1. The van der Waals surface area contributed by atoms with Crippen molar-refractivity contribution in [3.8, 4) is 16.9 Å². The zero-order valence-electron chi connectivity index (χ0n) is 8.72. The minimum absolute atomic E-state index is 0.0114. The van der Waals surface area contributed by atoms with E-state index in [1.54, 1.807) is 6.07 Å². The molecule has 0 unspecified atom stereocenters. The molecule has 0 fully saturated rings. The number of halogens is 1. The fourth-order valence-corrected chi connectivity index (χ4v) is 1.56. The number of phenolic OH excluding ortho intramolecular Hbond substituents is 1. The van der Waals surface area contributed by atoms with Gasteiger partial charge in [-0.25, -0.2) is 9.18 Å². The standard InChI is InChI=1S/C13H9FO3/c14-10-3-1-2-8(6-10)11-5-4-9(13(16)17)7-12(11)15/h1-7,15H,(H,16,17). The summed E-state index contributed by atoms with van der Waals surface area (Å²) in [5, 5.41) is 18.4. The van der Waals surface area contributed by atoms with Crippen LogP contribution in [0.5, 0.6) is 5.75 Å². The molecular weight excluding hydrogens is 223 g/mol. The summed E-state index contributed by atoms with van der Waals surface area (Å²) in [6.07, 6.45) is 0. The van der Waals surface area contributed by atoms with E-state index in [4.69, 9.17) is 5.11 Å². The summed E-state index contributed by atoms with van der Waals surface area (Å²) < 4.78 is 13.0. The Balaban J connectivity index is 2.50. The van der Waals surface area contributed by atoms with Gasteiger partial charge in [0.05, 0.1) is 5.56 Å². The average Bonchev–Trinajstić information content (AvgIpc) is 2.28. The lowest BCUT2D eigenvalue weighted by molar-refractivity contribution is 0.0696. The van der Waals surface area contributed by atoms with Gasteiger partial charge < -0.3 is 10.2 Å². The van der Waals surface area contributed by atoms with Gasteiger partial charge in [0.25, 0.3) is 0 Å². The van der Waals surface area contributed by atoms with Crippen molar-refractivity contribution < 1.29 is 19.4 Å². The molecule has 0 bridgehead atoms. The SMILES string of the molecule is O=C(O)c1ccc(-c2cccc(F)c2)c(O)c1. The highest BCUT2D eigenvalue weighted by Crippen LogP contribution is 2.30. The monoisotopic (exact) mass is 232 g/mol. The van der Waals surface area contributed by atoms with Crippen molar-refractivity contribution in [1.29, 1.82) is 0 Å². The lowest BCUT2D eigenvalue weighted by Crippen LogP contribution is -1.95. The topological polar surface area (TPSA) is 57.5 Å². The van der Waals surface area contributed by atoms with Crippen molar-refractivity contribution in [2.45, 2.75) is 0 Å². The van der Waals surface area contributed by atoms with Gasteiger partial charge in [0.1, 0.15) is 11.6 Å². The maximum Gasteiger partial charge on any atom is 0.335 e. The molecule has 2 aromatic carbocycles. The van der Waals surface area contributed by atoms with E-state index in [1.807, 2.05) is 0 Å². The second-order valence-corrected chi connectivity index (χ2v) is 3.55. The molecule has 0 saturated carbocycles. The first-order valence-electron chi connectivity index (χ1n) is 4.90. The third-order valence-corrected chi connectivity index (χ3v) is 2.38. The third-order valence-electron chi connectivity index (χ3n) is 2.38. The predicted molar refractivity (Wildman–Crippen MR) is 60.5 cm³/mol. The molecule has 0 amide bonds. The second kappa shape index (κ2) is 4.25. The highest BCUT2D eigenvalue weighted by Gasteiger charge is 2.09. The minimum Gasteiger partial charge on any atom is -0.507 e. The van der Waals surface area contributed by atoms with Crippen LogP contribution < -0.4 is 0 Å². The summed E-state index contributed by atoms with van der Waals surface area (Å²) in [5.41, 5.74) is 0.886. The lowest BCUT2D eigenvalue weighted by Gasteiger charge is -2.05. The fourth-order valence-electron chi connectivity index (χ4n) is 1.56. The van der Waals surface area contributed by atoms with Crippen LogP contribution in [-0.2, 0) is 0 Å². The Morgan fingerprint density at radius 1 is 1.12 bits per heavy atom. The highest BCUT2D eigenvalue weighted by molar-refractivity contribution is 5.89. The van der Waals surface area contributed by atoms with Crippen LogP contribution in [0.15, 0.2) is 42.5 Å². The lowest BCUT2D eigenvalue weighted by atomic mass is 10.0. The smallest absolute Gasteiger partial charge is 0.335 e. The van der Waals surface area contributed by atoms with Crippen molar-refractivity contribution in [3.05, 3.63) is 53.8 Å². The van der Waals surface area contributed by atoms with Crippen LogP contribution in [0.2, 0.25) is 0 Å². The van der Waals surface area contributed by atoms with Crippen LogP contribution in [0.25, 0.3) is 11.1 Å². The molecule has 0 radical (unpaired) electrons. The first-order chi connectivity index (χ1) is 8.08. The number of carboxylic acids is 1. The van der Waals surface area contributed by atoms with Gasteiger partial charge in [0, 0.05) is 5.56 Å². The van der Waals surface area contributed by atoms with Crippen LogP contribution in [-0.4, -0.2) is 16.2 Å². The molecule has 0 aromatic heterocycles. The number of hydrogen-bond donors (Lipinski definition) is 2. The van der Waals surface area contributed by atoms with E-state index < -0.39 is 11.8 Å². The Bertz CT molecular complexity index is 579. The Kier molecular flexibility index (Phi) is 2.78. The van der Waals surface area contributed by atoms with Crippen molar-refractivity contribution >= 4 is 5.97 Å². The third kappa shape index (κ3) is 2.25. The Labute approximate surface area is 96.8 Å². The van der Waals surface area contributed by atoms with Crippen LogP contribution in [0.3, 0.4) is 0 Å². The molecule has 0 aliphatic heterocycles. The summed E-state index contributed by atoms with van der Waals surface area (Å²) in [6.45, 7) is 0. The number of aromatic carboxylic acids is 1. The molecule has 0 atom stereocenters. The largest absolute Gasteiger partial charge is 0.507 e. The van der Waals surface area contributed by atoms with Gasteiger partial charge in [-0.1, -0.05) is 12.1 Å². The molecular formula is C13H9FO3. The molecule has 0 spiro atoms. The number of aromatic hydroxyl groups is 1. The zero-order chi connectivity index (χ0) is 12.4. The fraction of sp³-hybridized carbons (Fsp3) is 0. The van der Waals surface area contributed by atoms with Crippen molar-refractivity contribution in [2.24, 2.45) is 0 Å². The molecule has 86 valence electrons. The molecule has 2 N–H and O–H groups in total. The molecule has 0 aliphatic carbocycles. The van der Waals surface area contributed by atoms with E-state index in [-0.39, 0.29) is 11.3 Å². The van der Waals surface area contributed by atoms with Gasteiger partial charge in [-0.15, -0.1) is 0 Å². The molecule has 2 rings (SSSR count). The number of rotatable bonds is 2. The maximum atomic E-state index is 13.0. The quantitative estimate of drug-likeness (QED) is 0.836. The van der Waals surface area contributed by atoms with Crippen LogP contribution in [0, 0.1) is 5.82 Å². The van der Waals surface area contributed by atoms with Gasteiger partial charge in [-0.2, -0.15) is 0 Å². The van der Waals surface area contributed by atoms with Gasteiger partial charge in [-0.05, 0) is 35.9 Å². The summed E-state index contributed by atoms with van der Waals surface area (Å²) in [5.74, 6) is -1.72. The van der Waals surface area contributed by atoms with E-state index in [0.29, 0.717) is 11.1 Å². The van der Waals surface area contributed by atoms with Crippen molar-refractivity contribution in [3.63, 3.8) is 0 Å². The second-order valence-electron chi connectivity index (χ2n) is 3.55.